The van der Waals surface area contributed by atoms with Crippen LogP contribution in [-0.4, -0.2) is 53.3 Å². The Labute approximate surface area is 166 Å². The maximum absolute atomic E-state index is 13.5. The standard InChI is InChI=1S/C23H27N3O2/c1-15-22(20(9-10-24-15)16-7-5-4-6-8-16)23(28)26(3)19-11-17-13-21(27)25(2)14-18(17)12-19/h4-10,17-19H,11-14H2,1-3H3/t17-,18+,19-/m0/s1. The van der Waals surface area contributed by atoms with Gasteiger partial charge >= 0.3 is 0 Å². The molecule has 2 amide bonds. The Kier molecular flexibility index (Phi) is 4.92. The van der Waals surface area contributed by atoms with Crippen LogP contribution in [0.25, 0.3) is 11.1 Å². The van der Waals surface area contributed by atoms with E-state index in [9.17, 15) is 9.59 Å². The van der Waals surface area contributed by atoms with Crippen molar-refractivity contribution in [3.8, 4) is 11.1 Å². The molecule has 2 heterocycles. The molecule has 28 heavy (non-hydrogen) atoms. The summed E-state index contributed by atoms with van der Waals surface area (Å²) in [7, 11) is 3.78. The topological polar surface area (TPSA) is 53.5 Å². The van der Waals surface area contributed by atoms with Gasteiger partial charge in [-0.15, -0.1) is 0 Å². The Bertz CT molecular complexity index is 896. The molecule has 5 heteroatoms. The van der Waals surface area contributed by atoms with Gasteiger partial charge in [-0.05, 0) is 48.8 Å². The number of hydrogen-bond donors (Lipinski definition) is 0. The van der Waals surface area contributed by atoms with Crippen LogP contribution in [0.3, 0.4) is 0 Å². The summed E-state index contributed by atoms with van der Waals surface area (Å²) in [6.45, 7) is 2.71. The van der Waals surface area contributed by atoms with E-state index in [2.05, 4.69) is 4.98 Å². The molecule has 0 bridgehead atoms. The number of carbonyl (C=O) groups excluding carboxylic acids is 2. The summed E-state index contributed by atoms with van der Waals surface area (Å²) in [5.74, 6) is 1.14. The highest BCUT2D eigenvalue weighted by Crippen LogP contribution is 2.40. The third-order valence-electron chi connectivity index (χ3n) is 6.49. The summed E-state index contributed by atoms with van der Waals surface area (Å²) in [6, 6.07) is 12.1. The average molecular weight is 377 g/mol. The smallest absolute Gasteiger partial charge is 0.256 e. The molecule has 0 radical (unpaired) electrons. The minimum Gasteiger partial charge on any atom is -0.345 e. The Balaban J connectivity index is 1.60. The van der Waals surface area contributed by atoms with Crippen LogP contribution >= 0.6 is 0 Å². The van der Waals surface area contributed by atoms with E-state index in [1.54, 1.807) is 6.20 Å². The second-order valence-corrected chi connectivity index (χ2v) is 8.22. The second kappa shape index (κ2) is 7.38. The van der Waals surface area contributed by atoms with Gasteiger partial charge in [-0.1, -0.05) is 30.3 Å². The van der Waals surface area contributed by atoms with Gasteiger partial charge in [-0.2, -0.15) is 0 Å². The van der Waals surface area contributed by atoms with Crippen LogP contribution in [0.4, 0.5) is 0 Å². The van der Waals surface area contributed by atoms with Gasteiger partial charge in [0.25, 0.3) is 5.91 Å². The lowest BCUT2D eigenvalue weighted by Crippen LogP contribution is -2.40. The fraction of sp³-hybridized carbons (Fsp3) is 0.435. The number of likely N-dealkylation sites (tertiary alicyclic amines) is 1. The van der Waals surface area contributed by atoms with Gasteiger partial charge < -0.3 is 9.80 Å². The van der Waals surface area contributed by atoms with Crippen molar-refractivity contribution in [2.75, 3.05) is 20.6 Å². The predicted octanol–water partition coefficient (Wildman–Crippen LogP) is 3.39. The maximum atomic E-state index is 13.5. The number of aryl methyl sites for hydroxylation is 1. The zero-order chi connectivity index (χ0) is 19.8. The number of hydrogen-bond acceptors (Lipinski definition) is 3. The highest BCUT2D eigenvalue weighted by atomic mass is 16.2. The number of rotatable bonds is 3. The molecule has 1 aliphatic carbocycles. The number of carbonyl (C=O) groups is 2. The first-order chi connectivity index (χ1) is 13.5. The molecule has 2 fully saturated rings. The van der Waals surface area contributed by atoms with Gasteiger partial charge in [0, 0.05) is 39.3 Å². The molecule has 0 unspecified atom stereocenters. The summed E-state index contributed by atoms with van der Waals surface area (Å²) in [5, 5.41) is 0. The monoisotopic (exact) mass is 377 g/mol. The molecule has 1 aliphatic heterocycles. The Morgan fingerprint density at radius 3 is 2.61 bits per heavy atom. The van der Waals surface area contributed by atoms with Crippen molar-refractivity contribution in [2.24, 2.45) is 11.8 Å². The molecule has 2 aliphatic rings. The lowest BCUT2D eigenvalue weighted by Gasteiger charge is -2.31. The van der Waals surface area contributed by atoms with E-state index in [1.165, 1.54) is 0 Å². The number of amides is 2. The van der Waals surface area contributed by atoms with Gasteiger partial charge in [-0.25, -0.2) is 0 Å². The first kappa shape index (κ1) is 18.7. The molecule has 5 nitrogen and oxygen atoms in total. The molecule has 0 spiro atoms. The number of fused-ring (bicyclic) bond motifs is 1. The van der Waals surface area contributed by atoms with E-state index >= 15 is 0 Å². The Morgan fingerprint density at radius 2 is 1.86 bits per heavy atom. The van der Waals surface area contributed by atoms with E-state index in [-0.39, 0.29) is 17.9 Å². The fourth-order valence-corrected chi connectivity index (χ4v) is 4.84. The first-order valence-electron chi connectivity index (χ1n) is 9.98. The zero-order valence-corrected chi connectivity index (χ0v) is 16.8. The summed E-state index contributed by atoms with van der Waals surface area (Å²) < 4.78 is 0. The van der Waals surface area contributed by atoms with Crippen LogP contribution in [0.15, 0.2) is 42.6 Å². The molecular weight excluding hydrogens is 350 g/mol. The lowest BCUT2D eigenvalue weighted by molar-refractivity contribution is -0.134. The first-order valence-corrected chi connectivity index (χ1v) is 9.98. The van der Waals surface area contributed by atoms with Crippen LogP contribution in [0, 0.1) is 18.8 Å². The molecule has 3 atom stereocenters. The normalized spacial score (nSPS) is 24.2. The van der Waals surface area contributed by atoms with Crippen molar-refractivity contribution in [3.63, 3.8) is 0 Å². The fourth-order valence-electron chi connectivity index (χ4n) is 4.84. The van der Waals surface area contributed by atoms with Gasteiger partial charge in [-0.3, -0.25) is 14.6 Å². The molecule has 0 N–H and O–H groups in total. The summed E-state index contributed by atoms with van der Waals surface area (Å²) >= 11 is 0. The number of aromatic nitrogens is 1. The van der Waals surface area contributed by atoms with Crippen molar-refractivity contribution in [1.82, 2.24) is 14.8 Å². The third-order valence-corrected chi connectivity index (χ3v) is 6.49. The van der Waals surface area contributed by atoms with E-state index in [1.807, 2.05) is 67.2 Å². The highest BCUT2D eigenvalue weighted by Gasteiger charge is 2.42. The van der Waals surface area contributed by atoms with Crippen LogP contribution < -0.4 is 0 Å². The molecule has 4 rings (SSSR count). The second-order valence-electron chi connectivity index (χ2n) is 8.22. The number of benzene rings is 1. The lowest BCUT2D eigenvalue weighted by atomic mass is 9.88. The number of pyridine rings is 1. The molecule has 1 saturated heterocycles. The van der Waals surface area contributed by atoms with E-state index < -0.39 is 0 Å². The molecule has 1 aromatic heterocycles. The van der Waals surface area contributed by atoms with Crippen LogP contribution in [-0.2, 0) is 4.79 Å². The summed E-state index contributed by atoms with van der Waals surface area (Å²) in [6.07, 6.45) is 4.25. The van der Waals surface area contributed by atoms with Crippen molar-refractivity contribution < 1.29 is 9.59 Å². The highest BCUT2D eigenvalue weighted by molar-refractivity contribution is 6.01. The number of nitrogens with zero attached hydrogens (tertiary/aromatic N) is 3. The van der Waals surface area contributed by atoms with Crippen LogP contribution in [0.5, 0.6) is 0 Å². The van der Waals surface area contributed by atoms with Crippen molar-refractivity contribution in [2.45, 2.75) is 32.2 Å². The Morgan fingerprint density at radius 1 is 1.14 bits per heavy atom. The van der Waals surface area contributed by atoms with Crippen molar-refractivity contribution in [3.05, 3.63) is 53.9 Å². The molecule has 2 aromatic rings. The molecule has 146 valence electrons. The van der Waals surface area contributed by atoms with E-state index in [0.717, 1.165) is 36.2 Å². The maximum Gasteiger partial charge on any atom is 0.256 e. The number of piperidine rings is 1. The van der Waals surface area contributed by atoms with Crippen LogP contribution in [0.1, 0.15) is 35.3 Å². The average Bonchev–Trinajstić information content (AvgIpc) is 3.10. The van der Waals surface area contributed by atoms with Gasteiger partial charge in [0.2, 0.25) is 5.91 Å². The van der Waals surface area contributed by atoms with Crippen molar-refractivity contribution >= 4 is 11.8 Å². The largest absolute Gasteiger partial charge is 0.345 e. The molecule has 1 saturated carbocycles. The quantitative estimate of drug-likeness (QED) is 0.824. The van der Waals surface area contributed by atoms with Gasteiger partial charge in [0.1, 0.15) is 0 Å². The van der Waals surface area contributed by atoms with Gasteiger partial charge in [0.15, 0.2) is 0 Å². The summed E-state index contributed by atoms with van der Waals surface area (Å²) in [4.78, 5) is 33.7. The SMILES string of the molecule is Cc1nccc(-c2ccccc2)c1C(=O)N(C)[C@H]1C[C@H]2CC(=O)N(C)C[C@H]2C1. The van der Waals surface area contributed by atoms with E-state index in [4.69, 9.17) is 0 Å². The Hall–Kier alpha value is -2.69. The molecule has 1 aromatic carbocycles. The predicted molar refractivity (Wildman–Crippen MR) is 109 cm³/mol. The third kappa shape index (κ3) is 3.30. The van der Waals surface area contributed by atoms with Gasteiger partial charge in [0.05, 0.1) is 11.3 Å². The van der Waals surface area contributed by atoms with Crippen molar-refractivity contribution in [1.29, 1.82) is 0 Å². The summed E-state index contributed by atoms with van der Waals surface area (Å²) in [5.41, 5.74) is 3.38. The minimum atomic E-state index is 0.0211. The minimum absolute atomic E-state index is 0.0211. The zero-order valence-electron chi connectivity index (χ0n) is 16.8. The van der Waals surface area contributed by atoms with E-state index in [0.29, 0.717) is 23.8 Å². The van der Waals surface area contributed by atoms with Crippen LogP contribution in [0.2, 0.25) is 0 Å². The molecular formula is C23H27N3O2.